The number of ether oxygens (including phenoxy) is 1. The Bertz CT molecular complexity index is 843. The van der Waals surface area contributed by atoms with Gasteiger partial charge in [-0.15, -0.1) is 0 Å². The Kier molecular flexibility index (Phi) is 10.3. The van der Waals surface area contributed by atoms with Crippen molar-refractivity contribution in [1.29, 1.82) is 5.41 Å². The van der Waals surface area contributed by atoms with Crippen molar-refractivity contribution >= 4 is 17.5 Å². The average Bonchev–Trinajstić information content (AvgIpc) is 2.69. The van der Waals surface area contributed by atoms with Crippen LogP contribution in [-0.2, 0) is 9.53 Å². The van der Waals surface area contributed by atoms with Crippen molar-refractivity contribution in [2.75, 3.05) is 13.2 Å². The lowest BCUT2D eigenvalue weighted by Gasteiger charge is -2.27. The first-order valence-corrected chi connectivity index (χ1v) is 9.90. The largest absolute Gasteiger partial charge is 0.481 e. The van der Waals surface area contributed by atoms with Crippen molar-refractivity contribution in [1.82, 2.24) is 0 Å². The number of halogens is 3. The highest BCUT2D eigenvalue weighted by molar-refractivity contribution is 5.97. The number of hydrogen-bond donors (Lipinski definition) is 2. The molecule has 5 nitrogen and oxygen atoms in total. The van der Waals surface area contributed by atoms with Gasteiger partial charge in [0.15, 0.2) is 5.78 Å². The lowest BCUT2D eigenvalue weighted by atomic mass is 9.76. The summed E-state index contributed by atoms with van der Waals surface area (Å²) in [5.74, 6) is -4.11. The molecule has 0 saturated heterocycles. The summed E-state index contributed by atoms with van der Waals surface area (Å²) in [7, 11) is 0. The van der Waals surface area contributed by atoms with Crippen LogP contribution in [-0.4, -0.2) is 42.0 Å². The number of carboxylic acids is 1. The van der Waals surface area contributed by atoms with E-state index in [1.165, 1.54) is 37.3 Å². The molecule has 0 aliphatic rings. The van der Waals surface area contributed by atoms with Gasteiger partial charge in [-0.1, -0.05) is 36.4 Å². The third kappa shape index (κ3) is 8.49. The molecule has 0 aliphatic heterocycles. The van der Waals surface area contributed by atoms with E-state index in [0.717, 1.165) is 0 Å². The predicted octanol–water partition coefficient (Wildman–Crippen LogP) is 5.57. The molecule has 0 heterocycles. The number of alkyl halides is 3. The van der Waals surface area contributed by atoms with Gasteiger partial charge in [0.2, 0.25) is 0 Å². The number of carbonyl (C=O) groups is 2. The Balaban J connectivity index is 3.46. The summed E-state index contributed by atoms with van der Waals surface area (Å²) >= 11 is 0. The van der Waals surface area contributed by atoms with E-state index in [9.17, 15) is 27.9 Å². The van der Waals surface area contributed by atoms with Crippen LogP contribution in [0.1, 0.15) is 55.5 Å². The fourth-order valence-corrected chi connectivity index (χ4v) is 3.35. The molecule has 1 rings (SSSR count). The molecule has 0 fully saturated rings. The number of hydrogen-bond acceptors (Lipinski definition) is 4. The van der Waals surface area contributed by atoms with Gasteiger partial charge in [0.05, 0.1) is 18.2 Å². The SMILES string of the molecule is C/C=C(\C=C/C(=N)COCC)C(CCC(F)(F)F)C(C(=O)O)c1ccccc1C(C)=O. The maximum Gasteiger partial charge on any atom is 0.389 e. The molecule has 1 aromatic carbocycles. The Morgan fingerprint density at radius 1 is 1.23 bits per heavy atom. The molecule has 1 aromatic rings. The number of allylic oxidation sites excluding steroid dienone is 3. The second kappa shape index (κ2) is 12.2. The first kappa shape index (κ1) is 26.3. The van der Waals surface area contributed by atoms with Crippen LogP contribution in [0.3, 0.4) is 0 Å². The monoisotopic (exact) mass is 439 g/mol. The number of carbonyl (C=O) groups excluding carboxylic acids is 1. The van der Waals surface area contributed by atoms with Gasteiger partial charge in [-0.2, -0.15) is 13.2 Å². The van der Waals surface area contributed by atoms with Gasteiger partial charge < -0.3 is 15.3 Å². The van der Waals surface area contributed by atoms with E-state index in [-0.39, 0.29) is 29.2 Å². The molecule has 0 spiro atoms. The van der Waals surface area contributed by atoms with E-state index in [1.807, 2.05) is 0 Å². The number of benzene rings is 1. The molecule has 0 amide bonds. The summed E-state index contributed by atoms with van der Waals surface area (Å²) in [5.41, 5.74) is 0.783. The Hall–Kier alpha value is -2.74. The van der Waals surface area contributed by atoms with Crippen LogP contribution in [0.15, 0.2) is 48.1 Å². The zero-order valence-corrected chi connectivity index (χ0v) is 17.8. The van der Waals surface area contributed by atoms with E-state index in [2.05, 4.69) is 0 Å². The Morgan fingerprint density at radius 3 is 2.39 bits per heavy atom. The van der Waals surface area contributed by atoms with Crippen LogP contribution in [0.2, 0.25) is 0 Å². The van der Waals surface area contributed by atoms with Crippen LogP contribution in [0.25, 0.3) is 0 Å². The Morgan fingerprint density at radius 2 is 1.87 bits per heavy atom. The van der Waals surface area contributed by atoms with E-state index in [1.54, 1.807) is 26.0 Å². The molecule has 0 bridgehead atoms. The number of nitrogens with one attached hydrogen (secondary N) is 1. The molecular weight excluding hydrogens is 411 g/mol. The van der Waals surface area contributed by atoms with Gasteiger partial charge in [0.25, 0.3) is 0 Å². The van der Waals surface area contributed by atoms with Crippen LogP contribution < -0.4 is 0 Å². The molecule has 8 heteroatoms. The summed E-state index contributed by atoms with van der Waals surface area (Å²) < 4.78 is 44.2. The second-order valence-corrected chi connectivity index (χ2v) is 7.00. The van der Waals surface area contributed by atoms with Gasteiger partial charge in [-0.05, 0) is 44.4 Å². The lowest BCUT2D eigenvalue weighted by Crippen LogP contribution is -2.26. The normalized spacial score (nSPS) is 14.5. The number of ketones is 1. The maximum atomic E-state index is 13.0. The smallest absolute Gasteiger partial charge is 0.389 e. The van der Waals surface area contributed by atoms with Crippen molar-refractivity contribution in [3.05, 3.63) is 59.2 Å². The highest BCUT2D eigenvalue weighted by Gasteiger charge is 2.37. The van der Waals surface area contributed by atoms with Crippen LogP contribution in [0.5, 0.6) is 0 Å². The molecule has 0 aliphatic carbocycles. The molecular formula is C23H28F3NO4. The number of carboxylic acid groups (broad SMARTS) is 1. The van der Waals surface area contributed by atoms with E-state index in [4.69, 9.17) is 10.1 Å². The molecule has 2 unspecified atom stereocenters. The third-order valence-corrected chi connectivity index (χ3v) is 4.78. The van der Waals surface area contributed by atoms with Crippen LogP contribution in [0, 0.1) is 11.3 Å². The molecule has 2 N–H and O–H groups in total. The Labute approximate surface area is 180 Å². The maximum absolute atomic E-state index is 13.0. The molecule has 31 heavy (non-hydrogen) atoms. The van der Waals surface area contributed by atoms with Gasteiger partial charge in [-0.3, -0.25) is 9.59 Å². The van der Waals surface area contributed by atoms with Gasteiger partial charge >= 0.3 is 12.1 Å². The van der Waals surface area contributed by atoms with Gasteiger partial charge in [-0.25, -0.2) is 0 Å². The minimum Gasteiger partial charge on any atom is -0.481 e. The minimum absolute atomic E-state index is 0.0345. The summed E-state index contributed by atoms with van der Waals surface area (Å²) in [4.78, 5) is 24.3. The highest BCUT2D eigenvalue weighted by atomic mass is 19.4. The topological polar surface area (TPSA) is 87.4 Å². The van der Waals surface area contributed by atoms with Crippen molar-refractivity contribution in [2.45, 2.75) is 45.7 Å². The fraction of sp³-hybridized carbons (Fsp3) is 0.435. The molecule has 0 saturated carbocycles. The van der Waals surface area contributed by atoms with Crippen LogP contribution >= 0.6 is 0 Å². The summed E-state index contributed by atoms with van der Waals surface area (Å²) in [6, 6.07) is 6.07. The van der Waals surface area contributed by atoms with Crippen LogP contribution in [0.4, 0.5) is 13.2 Å². The van der Waals surface area contributed by atoms with Crippen molar-refractivity contribution in [3.63, 3.8) is 0 Å². The van der Waals surface area contributed by atoms with E-state index < -0.39 is 36.8 Å². The summed E-state index contributed by atoms with van der Waals surface area (Å²) in [6.07, 6.45) is -1.74. The highest BCUT2D eigenvalue weighted by Crippen LogP contribution is 2.39. The zero-order valence-electron chi connectivity index (χ0n) is 17.8. The molecule has 0 radical (unpaired) electrons. The number of Topliss-reactive ketones (excluding diaryl/α,β-unsaturated/α-hetero) is 1. The van der Waals surface area contributed by atoms with Gasteiger partial charge in [0, 0.05) is 24.5 Å². The zero-order chi connectivity index (χ0) is 23.6. The second-order valence-electron chi connectivity index (χ2n) is 7.00. The standard InChI is InChI=1S/C23H28F3NO4/c1-4-16(10-11-17(27)14-31-5-2)19(12-13-23(24,25)26)21(22(29)30)20-9-7-6-8-18(20)15(3)28/h4,6-11,19,21,27H,5,12-14H2,1-3H3,(H,29,30)/b11-10-,16-4+,27-17?. The quantitative estimate of drug-likeness (QED) is 0.253. The van der Waals surface area contributed by atoms with Crippen molar-refractivity contribution < 1.29 is 32.6 Å². The number of rotatable bonds is 12. The predicted molar refractivity (Wildman–Crippen MR) is 113 cm³/mol. The molecule has 170 valence electrons. The molecule has 2 atom stereocenters. The average molecular weight is 439 g/mol. The summed E-state index contributed by atoms with van der Waals surface area (Å²) in [5, 5.41) is 17.8. The van der Waals surface area contributed by atoms with Crippen molar-refractivity contribution in [2.24, 2.45) is 5.92 Å². The first-order valence-electron chi connectivity index (χ1n) is 9.90. The molecule has 0 aromatic heterocycles. The number of aliphatic carboxylic acids is 1. The van der Waals surface area contributed by atoms with Gasteiger partial charge in [0.1, 0.15) is 0 Å². The van der Waals surface area contributed by atoms with E-state index in [0.29, 0.717) is 12.2 Å². The lowest BCUT2D eigenvalue weighted by molar-refractivity contribution is -0.144. The fourth-order valence-electron chi connectivity index (χ4n) is 3.35. The van der Waals surface area contributed by atoms with E-state index >= 15 is 0 Å². The first-order chi connectivity index (χ1) is 14.5. The minimum atomic E-state index is -4.47. The van der Waals surface area contributed by atoms with Crippen molar-refractivity contribution in [3.8, 4) is 0 Å². The summed E-state index contributed by atoms with van der Waals surface area (Å²) in [6.45, 7) is 5.10. The third-order valence-electron chi connectivity index (χ3n) is 4.78.